The van der Waals surface area contributed by atoms with E-state index in [9.17, 15) is 26.4 Å². The standard InChI is InChI=1S/C14H14F3NO4S/c15-14(16,17)9-4-3-5-10(8-9)23(21,22)18-12-7-2-1-6-11(12)13(19)20/h3-5,8,18H,1-2,6-7H2,(H,19,20). The summed E-state index contributed by atoms with van der Waals surface area (Å²) in [6.07, 6.45) is -2.99. The first-order valence-electron chi connectivity index (χ1n) is 6.76. The number of rotatable bonds is 4. The highest BCUT2D eigenvalue weighted by Crippen LogP contribution is 2.31. The van der Waals surface area contributed by atoms with Crippen molar-refractivity contribution in [1.29, 1.82) is 0 Å². The lowest BCUT2D eigenvalue weighted by Crippen LogP contribution is -2.27. The molecule has 0 atom stereocenters. The first-order valence-corrected chi connectivity index (χ1v) is 8.25. The fraction of sp³-hybridized carbons (Fsp3) is 0.357. The summed E-state index contributed by atoms with van der Waals surface area (Å²) in [7, 11) is -4.28. The van der Waals surface area contributed by atoms with Crippen LogP contribution in [0.15, 0.2) is 40.4 Å². The molecule has 2 rings (SSSR count). The van der Waals surface area contributed by atoms with Crippen LogP contribution < -0.4 is 4.72 Å². The number of carboxylic acid groups (broad SMARTS) is 1. The second-order valence-corrected chi connectivity index (χ2v) is 6.78. The Morgan fingerprint density at radius 3 is 2.43 bits per heavy atom. The van der Waals surface area contributed by atoms with Gasteiger partial charge < -0.3 is 5.11 Å². The zero-order chi connectivity index (χ0) is 17.3. The SMILES string of the molecule is O=C(O)C1=C(NS(=O)(=O)c2cccc(C(F)(F)F)c2)CCCC1. The number of benzene rings is 1. The number of aliphatic carboxylic acids is 1. The van der Waals surface area contributed by atoms with Crippen molar-refractivity contribution in [1.82, 2.24) is 4.72 Å². The normalized spacial score (nSPS) is 16.3. The molecule has 1 aromatic rings. The third kappa shape index (κ3) is 4.04. The molecule has 0 bridgehead atoms. The second kappa shape index (κ2) is 6.23. The van der Waals surface area contributed by atoms with Crippen molar-refractivity contribution in [3.63, 3.8) is 0 Å². The maximum absolute atomic E-state index is 12.7. The van der Waals surface area contributed by atoms with Gasteiger partial charge in [-0.3, -0.25) is 4.72 Å². The largest absolute Gasteiger partial charge is 0.478 e. The van der Waals surface area contributed by atoms with E-state index in [0.29, 0.717) is 18.9 Å². The molecule has 1 aliphatic carbocycles. The Bertz CT molecular complexity index is 754. The van der Waals surface area contributed by atoms with Gasteiger partial charge in [0.25, 0.3) is 10.0 Å². The van der Waals surface area contributed by atoms with Crippen molar-refractivity contribution >= 4 is 16.0 Å². The van der Waals surface area contributed by atoms with Gasteiger partial charge in [-0.15, -0.1) is 0 Å². The Hall–Kier alpha value is -2.03. The predicted molar refractivity (Wildman–Crippen MR) is 74.9 cm³/mol. The summed E-state index contributed by atoms with van der Waals surface area (Å²) in [6.45, 7) is 0. The number of hydrogen-bond acceptors (Lipinski definition) is 3. The monoisotopic (exact) mass is 349 g/mol. The molecule has 126 valence electrons. The Balaban J connectivity index is 2.38. The lowest BCUT2D eigenvalue weighted by atomic mass is 9.97. The maximum atomic E-state index is 12.7. The fourth-order valence-electron chi connectivity index (χ4n) is 2.31. The minimum atomic E-state index is -4.66. The number of alkyl halides is 3. The number of carbonyl (C=O) groups is 1. The topological polar surface area (TPSA) is 83.5 Å². The molecule has 0 fully saturated rings. The van der Waals surface area contributed by atoms with Gasteiger partial charge in [-0.25, -0.2) is 13.2 Å². The van der Waals surface area contributed by atoms with Gasteiger partial charge in [0.05, 0.1) is 16.0 Å². The van der Waals surface area contributed by atoms with Crippen LogP contribution in [0.2, 0.25) is 0 Å². The lowest BCUT2D eigenvalue weighted by molar-refractivity contribution is -0.137. The van der Waals surface area contributed by atoms with Gasteiger partial charge in [0.1, 0.15) is 0 Å². The molecular weight excluding hydrogens is 335 g/mol. The van der Waals surface area contributed by atoms with Crippen LogP contribution in [0.5, 0.6) is 0 Å². The molecule has 0 spiro atoms. The molecule has 23 heavy (non-hydrogen) atoms. The molecule has 1 aliphatic rings. The molecule has 5 nitrogen and oxygen atoms in total. The molecule has 0 amide bonds. The smallest absolute Gasteiger partial charge is 0.416 e. The summed E-state index contributed by atoms with van der Waals surface area (Å²) in [6, 6.07) is 3.31. The quantitative estimate of drug-likeness (QED) is 0.875. The Morgan fingerprint density at radius 2 is 1.83 bits per heavy atom. The number of allylic oxidation sites excluding steroid dienone is 1. The number of halogens is 3. The highest BCUT2D eigenvalue weighted by molar-refractivity contribution is 7.89. The average Bonchev–Trinajstić information content (AvgIpc) is 2.46. The molecule has 1 aromatic carbocycles. The van der Waals surface area contributed by atoms with E-state index in [0.717, 1.165) is 18.2 Å². The van der Waals surface area contributed by atoms with E-state index in [-0.39, 0.29) is 24.1 Å². The van der Waals surface area contributed by atoms with Crippen molar-refractivity contribution in [3.8, 4) is 0 Å². The van der Waals surface area contributed by atoms with Crippen LogP contribution in [0.1, 0.15) is 31.2 Å². The molecule has 0 saturated heterocycles. The number of sulfonamides is 1. The van der Waals surface area contributed by atoms with Gasteiger partial charge in [-0.2, -0.15) is 13.2 Å². The minimum Gasteiger partial charge on any atom is -0.478 e. The first kappa shape index (κ1) is 17.3. The molecule has 0 aromatic heterocycles. The van der Waals surface area contributed by atoms with E-state index in [1.165, 1.54) is 0 Å². The van der Waals surface area contributed by atoms with E-state index in [1.54, 1.807) is 0 Å². The van der Waals surface area contributed by atoms with Gasteiger partial charge in [0, 0.05) is 5.70 Å². The zero-order valence-electron chi connectivity index (χ0n) is 11.9. The summed E-state index contributed by atoms with van der Waals surface area (Å²) >= 11 is 0. The van der Waals surface area contributed by atoms with Crippen LogP contribution in [0.4, 0.5) is 13.2 Å². The van der Waals surface area contributed by atoms with Gasteiger partial charge >= 0.3 is 12.1 Å². The summed E-state index contributed by atoms with van der Waals surface area (Å²) in [4.78, 5) is 10.6. The van der Waals surface area contributed by atoms with Crippen molar-refractivity contribution in [2.24, 2.45) is 0 Å². The molecule has 0 radical (unpaired) electrons. The maximum Gasteiger partial charge on any atom is 0.416 e. The number of hydrogen-bond donors (Lipinski definition) is 2. The Morgan fingerprint density at radius 1 is 1.17 bits per heavy atom. The summed E-state index contributed by atoms with van der Waals surface area (Å²) in [5, 5.41) is 9.09. The lowest BCUT2D eigenvalue weighted by Gasteiger charge is -2.19. The highest BCUT2D eigenvalue weighted by Gasteiger charge is 2.32. The minimum absolute atomic E-state index is 0.0289. The van der Waals surface area contributed by atoms with Crippen molar-refractivity contribution in [2.75, 3.05) is 0 Å². The second-order valence-electron chi connectivity index (χ2n) is 5.10. The fourth-order valence-corrected chi connectivity index (χ4v) is 3.52. The van der Waals surface area contributed by atoms with Crippen LogP contribution in [0.3, 0.4) is 0 Å². The van der Waals surface area contributed by atoms with E-state index < -0.39 is 32.6 Å². The third-order valence-corrected chi connectivity index (χ3v) is 4.84. The van der Waals surface area contributed by atoms with E-state index in [2.05, 4.69) is 4.72 Å². The van der Waals surface area contributed by atoms with E-state index in [4.69, 9.17) is 5.11 Å². The summed E-state index contributed by atoms with van der Waals surface area (Å²) in [5.41, 5.74) is -1.11. The van der Waals surface area contributed by atoms with Gasteiger partial charge in [-0.05, 0) is 43.9 Å². The van der Waals surface area contributed by atoms with Crippen LogP contribution in [-0.2, 0) is 21.0 Å². The van der Waals surface area contributed by atoms with E-state index in [1.807, 2.05) is 0 Å². The van der Waals surface area contributed by atoms with Crippen LogP contribution in [0, 0.1) is 0 Å². The molecule has 0 saturated carbocycles. The van der Waals surface area contributed by atoms with E-state index >= 15 is 0 Å². The van der Waals surface area contributed by atoms with Gasteiger partial charge in [0.2, 0.25) is 0 Å². The molecular formula is C14H14F3NO4S. The predicted octanol–water partition coefficient (Wildman–Crippen LogP) is 2.90. The first-order chi connectivity index (χ1) is 10.6. The van der Waals surface area contributed by atoms with Crippen molar-refractivity contribution in [2.45, 2.75) is 36.8 Å². The van der Waals surface area contributed by atoms with Crippen molar-refractivity contribution in [3.05, 3.63) is 41.1 Å². The zero-order valence-corrected chi connectivity index (χ0v) is 12.7. The molecule has 0 heterocycles. The highest BCUT2D eigenvalue weighted by atomic mass is 32.2. The summed E-state index contributed by atoms with van der Waals surface area (Å²) < 4.78 is 64.7. The van der Waals surface area contributed by atoms with Crippen LogP contribution >= 0.6 is 0 Å². The number of nitrogens with one attached hydrogen (secondary N) is 1. The number of carboxylic acids is 1. The molecule has 0 aliphatic heterocycles. The Kier molecular flexibility index (Phi) is 4.69. The van der Waals surface area contributed by atoms with Crippen LogP contribution in [-0.4, -0.2) is 19.5 Å². The van der Waals surface area contributed by atoms with Crippen LogP contribution in [0.25, 0.3) is 0 Å². The molecule has 9 heteroatoms. The Labute approximate surface area is 130 Å². The van der Waals surface area contributed by atoms with Gasteiger partial charge in [-0.1, -0.05) is 6.07 Å². The van der Waals surface area contributed by atoms with Gasteiger partial charge in [0.15, 0.2) is 0 Å². The molecule has 2 N–H and O–H groups in total. The average molecular weight is 349 g/mol. The summed E-state index contributed by atoms with van der Waals surface area (Å²) in [5.74, 6) is -1.23. The molecule has 0 unspecified atom stereocenters. The van der Waals surface area contributed by atoms with Crippen molar-refractivity contribution < 1.29 is 31.5 Å². The third-order valence-electron chi connectivity index (χ3n) is 3.46.